The summed E-state index contributed by atoms with van der Waals surface area (Å²) in [5, 5.41) is 2.62. The van der Waals surface area contributed by atoms with Crippen molar-refractivity contribution < 1.29 is 27.5 Å². The smallest absolute Gasteiger partial charge is 0.264 e. The van der Waals surface area contributed by atoms with Crippen molar-refractivity contribution in [1.82, 2.24) is 10.2 Å². The molecule has 0 unspecified atom stereocenters. The second kappa shape index (κ2) is 13.7. The number of nitrogens with zero attached hydrogens (tertiary/aromatic N) is 2. The maximum absolute atomic E-state index is 13.9. The predicted octanol–water partition coefficient (Wildman–Crippen LogP) is 3.50. The Morgan fingerprint density at radius 2 is 1.51 bits per heavy atom. The summed E-state index contributed by atoms with van der Waals surface area (Å²) in [4.78, 5) is 28.2. The van der Waals surface area contributed by atoms with Crippen molar-refractivity contribution in [2.75, 3.05) is 38.7 Å². The van der Waals surface area contributed by atoms with Gasteiger partial charge < -0.3 is 19.7 Å². The van der Waals surface area contributed by atoms with E-state index in [0.29, 0.717) is 24.3 Å². The second-order valence-electron chi connectivity index (χ2n) is 8.73. The standard InChI is InChI=1S/C29H35N3O6S/c1-5-25(29(34)30-2)31(19-18-22-12-8-6-9-13-22)28(33)21-32(39(35,36)24-14-10-7-11-15-24)23-16-17-26(37-3)27(20-23)38-4/h6-17,20,25H,5,18-19,21H2,1-4H3,(H,30,34)/t25-/m0/s1. The number of rotatable bonds is 13. The van der Waals surface area contributed by atoms with Gasteiger partial charge in [-0.2, -0.15) is 0 Å². The van der Waals surface area contributed by atoms with Gasteiger partial charge in [-0.3, -0.25) is 13.9 Å². The van der Waals surface area contributed by atoms with Gasteiger partial charge in [0.05, 0.1) is 24.8 Å². The minimum absolute atomic E-state index is 0.0294. The first-order chi connectivity index (χ1) is 18.8. The number of benzene rings is 3. The van der Waals surface area contributed by atoms with E-state index < -0.39 is 28.5 Å². The molecule has 1 N–H and O–H groups in total. The van der Waals surface area contributed by atoms with Crippen molar-refractivity contribution >= 4 is 27.5 Å². The number of carbonyl (C=O) groups is 2. The van der Waals surface area contributed by atoms with E-state index in [2.05, 4.69) is 5.32 Å². The van der Waals surface area contributed by atoms with E-state index in [0.717, 1.165) is 9.87 Å². The number of methoxy groups -OCH3 is 2. The Balaban J connectivity index is 2.05. The summed E-state index contributed by atoms with van der Waals surface area (Å²) in [5.74, 6) is -0.0913. The highest BCUT2D eigenvalue weighted by atomic mass is 32.2. The lowest BCUT2D eigenvalue weighted by atomic mass is 10.1. The molecule has 3 aromatic carbocycles. The van der Waals surface area contributed by atoms with Crippen LogP contribution >= 0.6 is 0 Å². The van der Waals surface area contributed by atoms with E-state index >= 15 is 0 Å². The van der Waals surface area contributed by atoms with Crippen LogP contribution in [-0.2, 0) is 26.0 Å². The van der Waals surface area contributed by atoms with Crippen LogP contribution in [0.1, 0.15) is 18.9 Å². The van der Waals surface area contributed by atoms with Gasteiger partial charge >= 0.3 is 0 Å². The highest BCUT2D eigenvalue weighted by molar-refractivity contribution is 7.92. The Labute approximate surface area is 230 Å². The van der Waals surface area contributed by atoms with Crippen LogP contribution in [0.3, 0.4) is 0 Å². The Morgan fingerprint density at radius 3 is 2.08 bits per heavy atom. The Kier molecular flexibility index (Phi) is 10.3. The van der Waals surface area contributed by atoms with E-state index in [9.17, 15) is 18.0 Å². The van der Waals surface area contributed by atoms with Gasteiger partial charge in [-0.1, -0.05) is 55.5 Å². The number of hydrogen-bond donors (Lipinski definition) is 1. The first-order valence-electron chi connectivity index (χ1n) is 12.6. The van der Waals surface area contributed by atoms with E-state index in [1.54, 1.807) is 30.3 Å². The van der Waals surface area contributed by atoms with Gasteiger partial charge in [-0.15, -0.1) is 0 Å². The fourth-order valence-corrected chi connectivity index (χ4v) is 5.72. The van der Waals surface area contributed by atoms with Gasteiger partial charge in [0.25, 0.3) is 10.0 Å². The lowest BCUT2D eigenvalue weighted by Gasteiger charge is -2.33. The van der Waals surface area contributed by atoms with Crippen LogP contribution in [-0.4, -0.2) is 65.5 Å². The van der Waals surface area contributed by atoms with Gasteiger partial charge in [0, 0.05) is 19.7 Å². The third-order valence-corrected chi connectivity index (χ3v) is 8.17. The summed E-state index contributed by atoms with van der Waals surface area (Å²) < 4.78 is 39.5. The molecule has 0 fully saturated rings. The van der Waals surface area contributed by atoms with Crippen molar-refractivity contribution in [3.05, 3.63) is 84.4 Å². The summed E-state index contributed by atoms with van der Waals surface area (Å²) in [5.41, 5.74) is 1.22. The molecule has 39 heavy (non-hydrogen) atoms. The molecule has 0 radical (unpaired) electrons. The predicted molar refractivity (Wildman–Crippen MR) is 151 cm³/mol. The molecule has 0 saturated carbocycles. The third kappa shape index (κ3) is 7.08. The van der Waals surface area contributed by atoms with Gasteiger partial charge in [0.2, 0.25) is 11.8 Å². The van der Waals surface area contributed by atoms with Gasteiger partial charge in [-0.25, -0.2) is 8.42 Å². The minimum atomic E-state index is -4.16. The second-order valence-corrected chi connectivity index (χ2v) is 10.6. The highest BCUT2D eigenvalue weighted by Gasteiger charge is 2.33. The normalized spacial score (nSPS) is 11.8. The molecule has 3 aromatic rings. The first kappa shape index (κ1) is 29.5. The van der Waals surface area contributed by atoms with Crippen LogP contribution < -0.4 is 19.1 Å². The lowest BCUT2D eigenvalue weighted by Crippen LogP contribution is -2.52. The molecule has 9 nitrogen and oxygen atoms in total. The van der Waals surface area contributed by atoms with Crippen LogP contribution in [0.5, 0.6) is 11.5 Å². The summed E-state index contributed by atoms with van der Waals surface area (Å²) in [6, 6.07) is 21.4. The summed E-state index contributed by atoms with van der Waals surface area (Å²) in [7, 11) is 0.279. The average Bonchev–Trinajstić information content (AvgIpc) is 2.98. The zero-order chi connectivity index (χ0) is 28.4. The number of amides is 2. The number of carbonyl (C=O) groups excluding carboxylic acids is 2. The molecular formula is C29H35N3O6S. The van der Waals surface area contributed by atoms with E-state index in [4.69, 9.17) is 9.47 Å². The van der Waals surface area contributed by atoms with E-state index in [1.807, 2.05) is 37.3 Å². The Hall–Kier alpha value is -4.05. The van der Waals surface area contributed by atoms with Gasteiger partial charge in [-0.05, 0) is 42.7 Å². The van der Waals surface area contributed by atoms with Crippen LogP contribution in [0.15, 0.2) is 83.8 Å². The lowest BCUT2D eigenvalue weighted by molar-refractivity contribution is -0.139. The molecule has 0 aliphatic heterocycles. The van der Waals surface area contributed by atoms with Crippen molar-refractivity contribution in [3.63, 3.8) is 0 Å². The minimum Gasteiger partial charge on any atom is -0.493 e. The molecule has 0 aromatic heterocycles. The zero-order valence-corrected chi connectivity index (χ0v) is 23.5. The van der Waals surface area contributed by atoms with Gasteiger partial charge in [0.1, 0.15) is 12.6 Å². The highest BCUT2D eigenvalue weighted by Crippen LogP contribution is 2.34. The molecule has 0 saturated heterocycles. The summed E-state index contributed by atoms with van der Waals surface area (Å²) in [6.45, 7) is 1.53. The third-order valence-electron chi connectivity index (χ3n) is 6.38. The van der Waals surface area contributed by atoms with Crippen molar-refractivity contribution in [1.29, 1.82) is 0 Å². The quantitative estimate of drug-likeness (QED) is 0.347. The Bertz CT molecular complexity index is 1350. The largest absolute Gasteiger partial charge is 0.493 e. The number of likely N-dealkylation sites (N-methyl/N-ethyl adjacent to an activating group) is 1. The number of hydrogen-bond acceptors (Lipinski definition) is 6. The fourth-order valence-electron chi connectivity index (χ4n) is 4.29. The Morgan fingerprint density at radius 1 is 0.897 bits per heavy atom. The van der Waals surface area contributed by atoms with Crippen LogP contribution in [0.25, 0.3) is 0 Å². The molecule has 0 bridgehead atoms. The van der Waals surface area contributed by atoms with Crippen LogP contribution in [0, 0.1) is 0 Å². The number of nitrogens with one attached hydrogen (secondary N) is 1. The molecular weight excluding hydrogens is 518 g/mol. The molecule has 0 heterocycles. The molecule has 10 heteroatoms. The van der Waals surface area contributed by atoms with E-state index in [1.165, 1.54) is 44.4 Å². The van der Waals surface area contributed by atoms with Crippen LogP contribution in [0.4, 0.5) is 5.69 Å². The summed E-state index contributed by atoms with van der Waals surface area (Å²) >= 11 is 0. The fraction of sp³-hybridized carbons (Fsp3) is 0.310. The molecule has 1 atom stereocenters. The topological polar surface area (TPSA) is 105 Å². The number of sulfonamides is 1. The van der Waals surface area contributed by atoms with Gasteiger partial charge in [0.15, 0.2) is 11.5 Å². The number of ether oxygens (including phenoxy) is 2. The average molecular weight is 554 g/mol. The molecule has 0 aliphatic carbocycles. The van der Waals surface area contributed by atoms with Crippen molar-refractivity contribution in [2.45, 2.75) is 30.7 Å². The zero-order valence-electron chi connectivity index (χ0n) is 22.7. The molecule has 3 rings (SSSR count). The molecule has 208 valence electrons. The molecule has 2 amide bonds. The number of anilines is 1. The van der Waals surface area contributed by atoms with E-state index in [-0.39, 0.29) is 23.0 Å². The van der Waals surface area contributed by atoms with Crippen molar-refractivity contribution in [3.8, 4) is 11.5 Å². The molecule has 0 aliphatic rings. The monoisotopic (exact) mass is 553 g/mol. The molecule has 0 spiro atoms. The summed E-state index contributed by atoms with van der Waals surface area (Å²) in [6.07, 6.45) is 0.865. The SMILES string of the molecule is CC[C@@H](C(=O)NC)N(CCc1ccccc1)C(=O)CN(c1ccc(OC)c(OC)c1)S(=O)(=O)c1ccccc1. The van der Waals surface area contributed by atoms with Crippen molar-refractivity contribution in [2.24, 2.45) is 0 Å². The van der Waals surface area contributed by atoms with Crippen LogP contribution in [0.2, 0.25) is 0 Å². The maximum Gasteiger partial charge on any atom is 0.264 e. The maximum atomic E-state index is 13.9. The first-order valence-corrected chi connectivity index (χ1v) is 14.1.